The summed E-state index contributed by atoms with van der Waals surface area (Å²) in [5.74, 6) is 0.300. The molecular formula is C17H22N4OS2. The third kappa shape index (κ3) is 4.95. The molecule has 0 unspecified atom stereocenters. The standard InChI is InChI=1S/C17H22N4OS2/c1-17(2,3)11-4-6-12(7-5-11)18-14(22)10-23-16-21-20-15(24-16)19-13-8-9-13/h4-7,13H,8-10H2,1-3H3,(H,18,22)(H,19,20). The van der Waals surface area contributed by atoms with Gasteiger partial charge >= 0.3 is 0 Å². The molecule has 1 fully saturated rings. The topological polar surface area (TPSA) is 66.9 Å². The lowest BCUT2D eigenvalue weighted by Crippen LogP contribution is -2.15. The average Bonchev–Trinajstić information content (AvgIpc) is 3.22. The van der Waals surface area contributed by atoms with Gasteiger partial charge in [0.2, 0.25) is 11.0 Å². The predicted octanol–water partition coefficient (Wildman–Crippen LogP) is 4.14. The van der Waals surface area contributed by atoms with E-state index in [1.54, 1.807) is 0 Å². The van der Waals surface area contributed by atoms with Crippen molar-refractivity contribution in [3.8, 4) is 0 Å². The Hall–Kier alpha value is -1.60. The minimum absolute atomic E-state index is 0.0320. The van der Waals surface area contributed by atoms with E-state index in [0.29, 0.717) is 11.8 Å². The second-order valence-corrected chi connectivity index (χ2v) is 9.16. The Bertz CT molecular complexity index is 702. The fourth-order valence-electron chi connectivity index (χ4n) is 2.11. The zero-order valence-electron chi connectivity index (χ0n) is 14.1. The molecule has 2 aromatic rings. The number of hydrogen-bond acceptors (Lipinski definition) is 6. The smallest absolute Gasteiger partial charge is 0.234 e. The van der Waals surface area contributed by atoms with Gasteiger partial charge in [0.05, 0.1) is 5.75 Å². The van der Waals surface area contributed by atoms with Crippen LogP contribution in [0, 0.1) is 0 Å². The summed E-state index contributed by atoms with van der Waals surface area (Å²) < 4.78 is 0.816. The van der Waals surface area contributed by atoms with Crippen molar-refractivity contribution in [3.63, 3.8) is 0 Å². The fraction of sp³-hybridized carbons (Fsp3) is 0.471. The lowest BCUT2D eigenvalue weighted by atomic mass is 9.87. The highest BCUT2D eigenvalue weighted by molar-refractivity contribution is 8.01. The fourth-order valence-corrected chi connectivity index (χ4v) is 3.74. The summed E-state index contributed by atoms with van der Waals surface area (Å²) in [7, 11) is 0. The maximum absolute atomic E-state index is 12.1. The Labute approximate surface area is 150 Å². The quantitative estimate of drug-likeness (QED) is 0.756. The van der Waals surface area contributed by atoms with Gasteiger partial charge in [0, 0.05) is 11.7 Å². The van der Waals surface area contributed by atoms with Crippen LogP contribution in [0.25, 0.3) is 0 Å². The molecule has 5 nitrogen and oxygen atoms in total. The summed E-state index contributed by atoms with van der Waals surface area (Å²) in [6.07, 6.45) is 2.41. The maximum Gasteiger partial charge on any atom is 0.234 e. The van der Waals surface area contributed by atoms with Gasteiger partial charge in [-0.2, -0.15) is 0 Å². The zero-order valence-corrected chi connectivity index (χ0v) is 15.8. The molecule has 1 aromatic carbocycles. The number of carbonyl (C=O) groups is 1. The summed E-state index contributed by atoms with van der Waals surface area (Å²) in [5.41, 5.74) is 2.18. The molecule has 1 aliphatic carbocycles. The van der Waals surface area contributed by atoms with Crippen LogP contribution in [0.3, 0.4) is 0 Å². The number of benzene rings is 1. The van der Waals surface area contributed by atoms with E-state index in [1.165, 1.54) is 41.5 Å². The van der Waals surface area contributed by atoms with Crippen molar-refractivity contribution in [2.75, 3.05) is 16.4 Å². The Morgan fingerprint density at radius 2 is 1.96 bits per heavy atom. The van der Waals surface area contributed by atoms with Crippen LogP contribution in [0.5, 0.6) is 0 Å². The number of anilines is 2. The third-order valence-corrected chi connectivity index (χ3v) is 5.66. The number of carbonyl (C=O) groups excluding carboxylic acids is 1. The van der Waals surface area contributed by atoms with Crippen LogP contribution in [-0.4, -0.2) is 27.9 Å². The van der Waals surface area contributed by atoms with Gasteiger partial charge in [-0.1, -0.05) is 56.0 Å². The summed E-state index contributed by atoms with van der Waals surface area (Å²) in [6.45, 7) is 6.52. The molecule has 1 aromatic heterocycles. The van der Waals surface area contributed by atoms with Crippen molar-refractivity contribution in [1.29, 1.82) is 0 Å². The first-order chi connectivity index (χ1) is 11.4. The number of hydrogen-bond donors (Lipinski definition) is 2. The lowest BCUT2D eigenvalue weighted by Gasteiger charge is -2.19. The van der Waals surface area contributed by atoms with Crippen LogP contribution in [0.2, 0.25) is 0 Å². The highest BCUT2D eigenvalue weighted by atomic mass is 32.2. The number of thioether (sulfide) groups is 1. The van der Waals surface area contributed by atoms with Crippen molar-refractivity contribution < 1.29 is 4.79 Å². The Balaban J connectivity index is 1.47. The van der Waals surface area contributed by atoms with Crippen LogP contribution in [0.4, 0.5) is 10.8 Å². The summed E-state index contributed by atoms with van der Waals surface area (Å²) >= 11 is 2.92. The molecular weight excluding hydrogens is 340 g/mol. The van der Waals surface area contributed by atoms with E-state index in [9.17, 15) is 4.79 Å². The largest absolute Gasteiger partial charge is 0.357 e. The minimum Gasteiger partial charge on any atom is -0.357 e. The number of rotatable bonds is 6. The van der Waals surface area contributed by atoms with Crippen LogP contribution in [0.15, 0.2) is 28.6 Å². The van der Waals surface area contributed by atoms with Gasteiger partial charge in [-0.3, -0.25) is 4.79 Å². The molecule has 0 atom stereocenters. The molecule has 1 amide bonds. The van der Waals surface area contributed by atoms with Crippen LogP contribution < -0.4 is 10.6 Å². The molecule has 0 spiro atoms. The molecule has 128 valence electrons. The van der Waals surface area contributed by atoms with Gasteiger partial charge < -0.3 is 10.6 Å². The van der Waals surface area contributed by atoms with E-state index >= 15 is 0 Å². The summed E-state index contributed by atoms with van der Waals surface area (Å²) in [4.78, 5) is 12.1. The maximum atomic E-state index is 12.1. The van der Waals surface area contributed by atoms with Crippen molar-refractivity contribution in [1.82, 2.24) is 10.2 Å². The normalized spacial score (nSPS) is 14.5. The average molecular weight is 363 g/mol. The minimum atomic E-state index is -0.0320. The van der Waals surface area contributed by atoms with Crippen molar-refractivity contribution >= 4 is 39.8 Å². The van der Waals surface area contributed by atoms with Gasteiger partial charge in [0.15, 0.2) is 4.34 Å². The second kappa shape index (κ2) is 7.11. The molecule has 0 bridgehead atoms. The van der Waals surface area contributed by atoms with E-state index in [4.69, 9.17) is 0 Å². The molecule has 1 heterocycles. The molecule has 7 heteroatoms. The molecule has 1 aliphatic rings. The molecule has 0 radical (unpaired) electrons. The van der Waals surface area contributed by atoms with Gasteiger partial charge in [-0.05, 0) is 36.0 Å². The zero-order chi connectivity index (χ0) is 17.2. The molecule has 3 rings (SSSR count). The number of amides is 1. The van der Waals surface area contributed by atoms with Crippen LogP contribution in [-0.2, 0) is 10.2 Å². The Morgan fingerprint density at radius 3 is 2.58 bits per heavy atom. The van der Waals surface area contributed by atoms with Gasteiger partial charge in [0.1, 0.15) is 0 Å². The first-order valence-electron chi connectivity index (χ1n) is 8.03. The Morgan fingerprint density at radius 1 is 1.25 bits per heavy atom. The molecule has 1 saturated carbocycles. The molecule has 2 N–H and O–H groups in total. The van der Waals surface area contributed by atoms with E-state index in [2.05, 4.69) is 53.7 Å². The molecule has 0 saturated heterocycles. The summed E-state index contributed by atoms with van der Waals surface area (Å²) in [6, 6.07) is 8.58. The summed E-state index contributed by atoms with van der Waals surface area (Å²) in [5, 5.41) is 15.3. The van der Waals surface area contributed by atoms with Gasteiger partial charge in [-0.25, -0.2) is 0 Å². The number of aromatic nitrogens is 2. The van der Waals surface area contributed by atoms with Crippen molar-refractivity contribution in [2.24, 2.45) is 0 Å². The lowest BCUT2D eigenvalue weighted by molar-refractivity contribution is -0.113. The monoisotopic (exact) mass is 362 g/mol. The third-order valence-electron chi connectivity index (χ3n) is 3.67. The predicted molar refractivity (Wildman–Crippen MR) is 101 cm³/mol. The first-order valence-corrected chi connectivity index (χ1v) is 9.83. The van der Waals surface area contributed by atoms with Crippen molar-refractivity contribution in [3.05, 3.63) is 29.8 Å². The van der Waals surface area contributed by atoms with Crippen LogP contribution in [0.1, 0.15) is 39.2 Å². The first kappa shape index (κ1) is 17.2. The Kier molecular flexibility index (Phi) is 5.10. The molecule has 24 heavy (non-hydrogen) atoms. The van der Waals surface area contributed by atoms with Crippen LogP contribution >= 0.6 is 23.1 Å². The highest BCUT2D eigenvalue weighted by Gasteiger charge is 2.22. The number of nitrogens with zero attached hydrogens (tertiary/aromatic N) is 2. The second-order valence-electron chi connectivity index (χ2n) is 6.96. The van der Waals surface area contributed by atoms with E-state index in [-0.39, 0.29) is 11.3 Å². The van der Waals surface area contributed by atoms with Crippen molar-refractivity contribution in [2.45, 2.75) is 49.4 Å². The van der Waals surface area contributed by atoms with Gasteiger partial charge in [0.25, 0.3) is 0 Å². The van der Waals surface area contributed by atoms with E-state index in [1.807, 2.05) is 12.1 Å². The SMILES string of the molecule is CC(C)(C)c1ccc(NC(=O)CSc2nnc(NC3CC3)s2)cc1. The molecule has 0 aliphatic heterocycles. The number of nitrogens with one attached hydrogen (secondary N) is 2. The van der Waals surface area contributed by atoms with E-state index in [0.717, 1.165) is 15.2 Å². The highest BCUT2D eigenvalue weighted by Crippen LogP contribution is 2.30. The van der Waals surface area contributed by atoms with E-state index < -0.39 is 0 Å². The van der Waals surface area contributed by atoms with Gasteiger partial charge in [-0.15, -0.1) is 10.2 Å².